The van der Waals surface area contributed by atoms with Crippen LogP contribution in [0.4, 0.5) is 5.69 Å². The molecule has 2 N–H and O–H groups in total. The van der Waals surface area contributed by atoms with Crippen molar-refractivity contribution in [2.75, 3.05) is 33.3 Å². The summed E-state index contributed by atoms with van der Waals surface area (Å²) in [5.74, 6) is 1.88. The molecule has 1 heterocycles. The molecule has 23 heavy (non-hydrogen) atoms. The molecule has 0 spiro atoms. The van der Waals surface area contributed by atoms with Crippen LogP contribution in [-0.2, 0) is 0 Å². The van der Waals surface area contributed by atoms with E-state index in [2.05, 4.69) is 24.5 Å². The van der Waals surface area contributed by atoms with Crippen LogP contribution in [0.1, 0.15) is 25.8 Å². The second kappa shape index (κ2) is 9.47. The minimum atomic E-state index is -0.383. The first-order valence-electron chi connectivity index (χ1n) is 8.15. The number of nitrogens with zero attached hydrogens (tertiary/aromatic N) is 2. The number of hydrogen-bond donors (Lipinski definition) is 1. The van der Waals surface area contributed by atoms with Gasteiger partial charge in [-0.2, -0.15) is 0 Å². The number of ether oxygens (including phenoxy) is 1. The van der Waals surface area contributed by atoms with Gasteiger partial charge in [0.1, 0.15) is 0 Å². The lowest BCUT2D eigenvalue weighted by Crippen LogP contribution is -2.23. The van der Waals surface area contributed by atoms with Gasteiger partial charge in [-0.1, -0.05) is 19.9 Å². The van der Waals surface area contributed by atoms with Gasteiger partial charge in [0.2, 0.25) is 0 Å². The van der Waals surface area contributed by atoms with Crippen molar-refractivity contribution in [1.82, 2.24) is 4.90 Å². The summed E-state index contributed by atoms with van der Waals surface area (Å²) in [4.78, 5) is 13.1. The molecule has 1 fully saturated rings. The summed E-state index contributed by atoms with van der Waals surface area (Å²) < 4.78 is 5.60. The van der Waals surface area contributed by atoms with Crippen molar-refractivity contribution in [3.63, 3.8) is 0 Å². The fourth-order valence-electron chi connectivity index (χ4n) is 2.79. The van der Waals surface area contributed by atoms with Crippen molar-refractivity contribution in [3.05, 3.63) is 33.9 Å². The molecular weight excluding hydrogens is 294 g/mol. The van der Waals surface area contributed by atoms with Crippen LogP contribution in [0.25, 0.3) is 0 Å². The molecule has 1 aliphatic rings. The number of rotatable bonds is 6. The van der Waals surface area contributed by atoms with E-state index in [0.717, 1.165) is 43.5 Å². The average molecular weight is 323 g/mol. The largest absolute Gasteiger partial charge is 0.487 e. The van der Waals surface area contributed by atoms with Gasteiger partial charge in [0.25, 0.3) is 0 Å². The summed E-state index contributed by atoms with van der Waals surface area (Å²) in [5, 5.41) is 11.0. The molecule has 6 nitrogen and oxygen atoms in total. The molecule has 0 radical (unpaired) electrons. The highest BCUT2D eigenvalue weighted by molar-refractivity contribution is 5.48. The Labute approximate surface area is 138 Å². The van der Waals surface area contributed by atoms with Gasteiger partial charge in [0, 0.05) is 25.7 Å². The Kier molecular flexibility index (Phi) is 7.98. The van der Waals surface area contributed by atoms with Crippen LogP contribution in [0, 0.1) is 28.9 Å². The number of nitro benzene ring substituents is 1. The zero-order valence-corrected chi connectivity index (χ0v) is 14.6. The maximum absolute atomic E-state index is 11.0. The summed E-state index contributed by atoms with van der Waals surface area (Å²) in [6.45, 7) is 10.2. The maximum Gasteiger partial charge on any atom is 0.311 e. The van der Waals surface area contributed by atoms with Crippen molar-refractivity contribution >= 4 is 5.69 Å². The van der Waals surface area contributed by atoms with Crippen LogP contribution in [-0.4, -0.2) is 43.1 Å². The first-order chi connectivity index (χ1) is 11.0. The lowest BCUT2D eigenvalue weighted by Gasteiger charge is -2.15. The lowest BCUT2D eigenvalue weighted by molar-refractivity contribution is -0.385. The Morgan fingerprint density at radius 1 is 1.30 bits per heavy atom. The molecule has 1 aromatic carbocycles. The highest BCUT2D eigenvalue weighted by atomic mass is 16.6. The van der Waals surface area contributed by atoms with Gasteiger partial charge in [-0.25, -0.2) is 0 Å². The normalized spacial score (nSPS) is 20.7. The number of nitrogens with two attached hydrogens (primary N) is 1. The predicted octanol–water partition coefficient (Wildman–Crippen LogP) is 2.83. The number of benzene rings is 1. The highest BCUT2D eigenvalue weighted by Gasteiger charge is 2.25. The van der Waals surface area contributed by atoms with Crippen molar-refractivity contribution in [2.45, 2.75) is 27.2 Å². The van der Waals surface area contributed by atoms with Gasteiger partial charge in [0.15, 0.2) is 5.75 Å². The summed E-state index contributed by atoms with van der Waals surface area (Å²) >= 11 is 0. The molecule has 0 saturated carbocycles. The van der Waals surface area contributed by atoms with E-state index in [1.54, 1.807) is 12.1 Å². The molecule has 1 saturated heterocycles. The third kappa shape index (κ3) is 5.80. The van der Waals surface area contributed by atoms with Gasteiger partial charge < -0.3 is 15.4 Å². The van der Waals surface area contributed by atoms with E-state index in [-0.39, 0.29) is 10.6 Å². The summed E-state index contributed by atoms with van der Waals surface area (Å²) in [6.07, 6.45) is 0.893. The summed E-state index contributed by atoms with van der Waals surface area (Å²) in [5.41, 5.74) is 5.42. The van der Waals surface area contributed by atoms with Crippen LogP contribution in [0.3, 0.4) is 0 Å². The molecule has 2 rings (SSSR count). The molecule has 2 atom stereocenters. The summed E-state index contributed by atoms with van der Waals surface area (Å²) in [6, 6.07) is 5.08. The van der Waals surface area contributed by atoms with Crippen LogP contribution in [0.5, 0.6) is 5.75 Å². The quantitative estimate of drug-likeness (QED) is 0.494. The SMILES string of the molecule is CN.Cc1ccc(OCCCN2CC(C)C(C)C2)c([N+](=O)[O-])c1. The van der Waals surface area contributed by atoms with Crippen molar-refractivity contribution in [2.24, 2.45) is 17.6 Å². The van der Waals surface area contributed by atoms with E-state index in [1.807, 2.05) is 13.0 Å². The molecule has 1 aliphatic heterocycles. The van der Waals surface area contributed by atoms with Crippen LogP contribution < -0.4 is 10.5 Å². The third-order valence-corrected chi connectivity index (χ3v) is 4.25. The van der Waals surface area contributed by atoms with Gasteiger partial charge in [-0.05, 0) is 43.9 Å². The zero-order valence-electron chi connectivity index (χ0n) is 14.6. The topological polar surface area (TPSA) is 81.6 Å². The number of nitro groups is 1. The fraction of sp³-hybridized carbons (Fsp3) is 0.647. The minimum absolute atomic E-state index is 0.0541. The second-order valence-corrected chi connectivity index (χ2v) is 6.14. The van der Waals surface area contributed by atoms with Crippen LogP contribution >= 0.6 is 0 Å². The van der Waals surface area contributed by atoms with E-state index in [0.29, 0.717) is 12.4 Å². The minimum Gasteiger partial charge on any atom is -0.487 e. The lowest BCUT2D eigenvalue weighted by atomic mass is 10.0. The second-order valence-electron chi connectivity index (χ2n) is 6.14. The molecule has 0 aromatic heterocycles. The smallest absolute Gasteiger partial charge is 0.311 e. The van der Waals surface area contributed by atoms with Crippen LogP contribution in [0.15, 0.2) is 18.2 Å². The van der Waals surface area contributed by atoms with Crippen molar-refractivity contribution in [1.29, 1.82) is 0 Å². The van der Waals surface area contributed by atoms with Crippen LogP contribution in [0.2, 0.25) is 0 Å². The van der Waals surface area contributed by atoms with E-state index in [4.69, 9.17) is 4.74 Å². The average Bonchev–Trinajstić information content (AvgIpc) is 2.85. The molecule has 0 bridgehead atoms. The molecular formula is C17H29N3O3. The Balaban J connectivity index is 0.00000127. The zero-order chi connectivity index (χ0) is 17.4. The number of aryl methyl sites for hydroxylation is 1. The van der Waals surface area contributed by atoms with E-state index in [1.165, 1.54) is 7.05 Å². The van der Waals surface area contributed by atoms with Gasteiger partial charge in [-0.15, -0.1) is 0 Å². The molecule has 1 aromatic rings. The van der Waals surface area contributed by atoms with E-state index in [9.17, 15) is 10.1 Å². The summed E-state index contributed by atoms with van der Waals surface area (Å²) in [7, 11) is 1.50. The van der Waals surface area contributed by atoms with Gasteiger partial charge in [0.05, 0.1) is 11.5 Å². The molecule has 130 valence electrons. The molecule has 0 amide bonds. The van der Waals surface area contributed by atoms with E-state index < -0.39 is 0 Å². The maximum atomic E-state index is 11.0. The molecule has 2 unspecified atom stereocenters. The molecule has 0 aliphatic carbocycles. The van der Waals surface area contributed by atoms with E-state index >= 15 is 0 Å². The Bertz CT molecular complexity index is 498. The van der Waals surface area contributed by atoms with Crippen molar-refractivity contribution in [3.8, 4) is 5.75 Å². The fourth-order valence-corrected chi connectivity index (χ4v) is 2.79. The highest BCUT2D eigenvalue weighted by Crippen LogP contribution is 2.28. The Morgan fingerprint density at radius 3 is 2.48 bits per heavy atom. The molecule has 6 heteroatoms. The Morgan fingerprint density at radius 2 is 1.91 bits per heavy atom. The third-order valence-electron chi connectivity index (χ3n) is 4.25. The standard InChI is InChI=1S/C16H24N2O3.CH5N/c1-12-5-6-16(15(9-12)18(19)20)21-8-4-7-17-10-13(2)14(3)11-17;1-2/h5-6,9,13-14H,4,7-8,10-11H2,1-3H3;2H2,1H3. The first-order valence-corrected chi connectivity index (χ1v) is 8.15. The first kappa shape index (κ1) is 19.4. The number of likely N-dealkylation sites (tertiary alicyclic amines) is 1. The van der Waals surface area contributed by atoms with Gasteiger partial charge in [-0.3, -0.25) is 10.1 Å². The van der Waals surface area contributed by atoms with Gasteiger partial charge >= 0.3 is 5.69 Å². The number of hydrogen-bond acceptors (Lipinski definition) is 5. The monoisotopic (exact) mass is 323 g/mol. The Hall–Kier alpha value is -1.66. The predicted molar refractivity (Wildman–Crippen MR) is 92.8 cm³/mol. The van der Waals surface area contributed by atoms with Crippen molar-refractivity contribution < 1.29 is 9.66 Å².